The van der Waals surface area contributed by atoms with Crippen LogP contribution in [0.5, 0.6) is 0 Å². The molecule has 5 nitrogen and oxygen atoms in total. The molecule has 1 N–H and O–H groups in total. The van der Waals surface area contributed by atoms with Crippen LogP contribution in [0, 0.1) is 0 Å². The number of rotatable bonds is 3. The van der Waals surface area contributed by atoms with Gasteiger partial charge in [0.1, 0.15) is 12.4 Å². The second-order valence-electron chi connectivity index (χ2n) is 4.12. The molecule has 1 aromatic carbocycles. The van der Waals surface area contributed by atoms with Crippen LogP contribution in [-0.2, 0) is 11.3 Å². The summed E-state index contributed by atoms with van der Waals surface area (Å²) in [4.78, 5) is 30.4. The van der Waals surface area contributed by atoms with E-state index >= 15 is 0 Å². The highest BCUT2D eigenvalue weighted by Gasteiger charge is 2.09. The Morgan fingerprint density at radius 3 is 2.95 bits per heavy atom. The fraction of sp³-hybridized carbons (Fsp3) is 0.0714. The third-order valence-electron chi connectivity index (χ3n) is 2.76. The number of esters is 1. The van der Waals surface area contributed by atoms with Crippen molar-refractivity contribution >= 4 is 28.2 Å². The van der Waals surface area contributed by atoms with Crippen molar-refractivity contribution in [3.8, 4) is 0 Å². The molecule has 0 saturated carbocycles. The van der Waals surface area contributed by atoms with Gasteiger partial charge in [-0.25, -0.2) is 9.78 Å². The summed E-state index contributed by atoms with van der Waals surface area (Å²) >= 11 is 1.42. The molecule has 0 spiro atoms. The average Bonchev–Trinajstić information content (AvgIpc) is 2.99. The molecule has 3 aromatic rings. The second-order valence-corrected chi connectivity index (χ2v) is 4.90. The van der Waals surface area contributed by atoms with Gasteiger partial charge in [-0.2, -0.15) is 11.3 Å². The molecule has 0 bridgehead atoms. The molecule has 0 aliphatic heterocycles. The fourth-order valence-electron chi connectivity index (χ4n) is 1.80. The van der Waals surface area contributed by atoms with Crippen molar-refractivity contribution in [3.63, 3.8) is 0 Å². The van der Waals surface area contributed by atoms with Gasteiger partial charge in [0.05, 0.1) is 16.5 Å². The van der Waals surface area contributed by atoms with Crippen LogP contribution in [0.25, 0.3) is 10.9 Å². The van der Waals surface area contributed by atoms with Crippen molar-refractivity contribution in [3.05, 3.63) is 62.8 Å². The van der Waals surface area contributed by atoms with Gasteiger partial charge in [0, 0.05) is 5.38 Å². The molecule has 0 saturated heterocycles. The van der Waals surface area contributed by atoms with E-state index in [2.05, 4.69) is 9.97 Å². The minimum absolute atomic E-state index is 0.0608. The number of hydrogen-bond acceptors (Lipinski definition) is 5. The van der Waals surface area contributed by atoms with Crippen LogP contribution in [0.15, 0.2) is 45.9 Å². The van der Waals surface area contributed by atoms with Crippen molar-refractivity contribution < 1.29 is 9.53 Å². The van der Waals surface area contributed by atoms with Crippen molar-refractivity contribution in [2.24, 2.45) is 0 Å². The van der Waals surface area contributed by atoms with Crippen molar-refractivity contribution in [2.45, 2.75) is 6.61 Å². The Morgan fingerprint density at radius 2 is 2.15 bits per heavy atom. The van der Waals surface area contributed by atoms with Gasteiger partial charge >= 0.3 is 5.97 Å². The molecule has 0 fully saturated rings. The van der Waals surface area contributed by atoms with E-state index < -0.39 is 5.97 Å². The first-order valence-corrected chi connectivity index (χ1v) is 6.85. The number of para-hydroxylation sites is 1. The summed E-state index contributed by atoms with van der Waals surface area (Å²) in [5, 5.41) is 4.02. The molecular formula is C14H10N2O3S. The molecule has 0 aliphatic carbocycles. The number of H-pyrrole nitrogens is 1. The number of nitrogens with one attached hydrogen (secondary N) is 1. The van der Waals surface area contributed by atoms with Crippen LogP contribution in [0.2, 0.25) is 0 Å². The Balaban J connectivity index is 1.81. The van der Waals surface area contributed by atoms with Gasteiger partial charge in [-0.15, -0.1) is 0 Å². The highest BCUT2D eigenvalue weighted by molar-refractivity contribution is 7.08. The number of ether oxygens (including phenoxy) is 1. The second kappa shape index (κ2) is 5.26. The maximum absolute atomic E-state index is 11.8. The average molecular weight is 286 g/mol. The van der Waals surface area contributed by atoms with Crippen LogP contribution in [0.1, 0.15) is 16.2 Å². The molecule has 20 heavy (non-hydrogen) atoms. The number of hydrogen-bond donors (Lipinski definition) is 1. The number of fused-ring (bicyclic) bond motifs is 1. The van der Waals surface area contributed by atoms with Gasteiger partial charge in [-0.3, -0.25) is 4.79 Å². The molecular weight excluding hydrogens is 276 g/mol. The van der Waals surface area contributed by atoms with E-state index in [0.717, 1.165) is 0 Å². The summed E-state index contributed by atoms with van der Waals surface area (Å²) in [5.41, 5.74) is 0.841. The number of thiophene rings is 1. The normalized spacial score (nSPS) is 10.6. The SMILES string of the molecule is O=C(OCc1nc2ccccc2c(=O)[nH]1)c1ccsc1. The zero-order valence-electron chi connectivity index (χ0n) is 10.3. The highest BCUT2D eigenvalue weighted by Crippen LogP contribution is 2.09. The Hall–Kier alpha value is -2.47. The van der Waals surface area contributed by atoms with Crippen molar-refractivity contribution in [2.75, 3.05) is 0 Å². The van der Waals surface area contributed by atoms with Crippen LogP contribution < -0.4 is 5.56 Å². The van der Waals surface area contributed by atoms with E-state index in [-0.39, 0.29) is 12.2 Å². The Morgan fingerprint density at radius 1 is 1.30 bits per heavy atom. The smallest absolute Gasteiger partial charge is 0.339 e. The lowest BCUT2D eigenvalue weighted by Gasteiger charge is -2.04. The minimum Gasteiger partial charge on any atom is -0.454 e. The monoisotopic (exact) mass is 286 g/mol. The molecule has 2 aromatic heterocycles. The number of carbonyl (C=O) groups excluding carboxylic acids is 1. The molecule has 0 amide bonds. The lowest BCUT2D eigenvalue weighted by atomic mass is 10.2. The van der Waals surface area contributed by atoms with Crippen molar-refractivity contribution in [1.29, 1.82) is 0 Å². The maximum atomic E-state index is 11.8. The molecule has 0 atom stereocenters. The summed E-state index contributed by atoms with van der Waals surface area (Å²) in [6, 6.07) is 8.70. The first kappa shape index (κ1) is 12.6. The molecule has 3 rings (SSSR count). The Kier molecular flexibility index (Phi) is 3.30. The van der Waals surface area contributed by atoms with E-state index in [0.29, 0.717) is 22.3 Å². The third kappa shape index (κ3) is 2.46. The number of carbonyl (C=O) groups is 1. The summed E-state index contributed by atoms with van der Waals surface area (Å²) in [6.07, 6.45) is 0. The van der Waals surface area contributed by atoms with Gasteiger partial charge in [0.15, 0.2) is 0 Å². The summed E-state index contributed by atoms with van der Waals surface area (Å²) in [5.74, 6) is -0.0978. The zero-order valence-corrected chi connectivity index (χ0v) is 11.1. The van der Waals surface area contributed by atoms with E-state index in [9.17, 15) is 9.59 Å². The third-order valence-corrected chi connectivity index (χ3v) is 3.44. The summed E-state index contributed by atoms with van der Waals surface area (Å²) in [7, 11) is 0. The number of nitrogens with zero attached hydrogens (tertiary/aromatic N) is 1. The highest BCUT2D eigenvalue weighted by atomic mass is 32.1. The van der Waals surface area contributed by atoms with Crippen LogP contribution in [0.4, 0.5) is 0 Å². The Labute approximate surface area is 117 Å². The van der Waals surface area contributed by atoms with Gasteiger partial charge in [-0.1, -0.05) is 12.1 Å². The van der Waals surface area contributed by atoms with E-state index in [1.165, 1.54) is 11.3 Å². The van der Waals surface area contributed by atoms with Gasteiger partial charge < -0.3 is 9.72 Å². The number of aromatic nitrogens is 2. The topological polar surface area (TPSA) is 72.0 Å². The predicted molar refractivity (Wildman–Crippen MR) is 75.8 cm³/mol. The Bertz CT molecular complexity index is 809. The number of aromatic amines is 1. The van der Waals surface area contributed by atoms with E-state index in [1.54, 1.807) is 41.1 Å². The van der Waals surface area contributed by atoms with Gasteiger partial charge in [0.2, 0.25) is 0 Å². The quantitative estimate of drug-likeness (QED) is 0.750. The van der Waals surface area contributed by atoms with Crippen molar-refractivity contribution in [1.82, 2.24) is 9.97 Å². The lowest BCUT2D eigenvalue weighted by Crippen LogP contribution is -2.14. The first-order valence-electron chi connectivity index (χ1n) is 5.91. The molecule has 100 valence electrons. The van der Waals surface area contributed by atoms with Crippen LogP contribution in [-0.4, -0.2) is 15.9 Å². The van der Waals surface area contributed by atoms with E-state index in [1.807, 2.05) is 0 Å². The van der Waals surface area contributed by atoms with Crippen LogP contribution >= 0.6 is 11.3 Å². The molecule has 2 heterocycles. The summed E-state index contributed by atoms with van der Waals surface area (Å²) in [6.45, 7) is -0.0608. The molecule has 6 heteroatoms. The standard InChI is InChI=1S/C14H10N2O3S/c17-13-10-3-1-2-4-11(10)15-12(16-13)7-19-14(18)9-5-6-20-8-9/h1-6,8H,7H2,(H,15,16,17). The first-order chi connectivity index (χ1) is 9.74. The number of benzene rings is 1. The lowest BCUT2D eigenvalue weighted by molar-refractivity contribution is 0.0463. The largest absolute Gasteiger partial charge is 0.454 e. The van der Waals surface area contributed by atoms with Crippen LogP contribution in [0.3, 0.4) is 0 Å². The maximum Gasteiger partial charge on any atom is 0.339 e. The molecule has 0 radical (unpaired) electrons. The predicted octanol–water partition coefficient (Wildman–Crippen LogP) is 2.34. The zero-order chi connectivity index (χ0) is 13.9. The van der Waals surface area contributed by atoms with Gasteiger partial charge in [0.25, 0.3) is 5.56 Å². The van der Waals surface area contributed by atoms with Gasteiger partial charge in [-0.05, 0) is 23.6 Å². The molecule has 0 aliphatic rings. The van der Waals surface area contributed by atoms with E-state index in [4.69, 9.17) is 4.74 Å². The molecule has 0 unspecified atom stereocenters. The summed E-state index contributed by atoms with van der Waals surface area (Å²) < 4.78 is 5.11. The minimum atomic E-state index is -0.429. The fourth-order valence-corrected chi connectivity index (χ4v) is 2.43.